The third-order valence-corrected chi connectivity index (χ3v) is 9.17. The lowest BCUT2D eigenvalue weighted by atomic mass is 9.82. The van der Waals surface area contributed by atoms with Crippen LogP contribution < -0.4 is 0 Å². The maximum Gasteiger partial charge on any atom is 0.417 e. The van der Waals surface area contributed by atoms with Gasteiger partial charge in [-0.2, -0.15) is 13.2 Å². The highest BCUT2D eigenvalue weighted by Gasteiger charge is 2.35. The molecule has 7 rings (SSSR count). The number of aryl methyl sites for hydroxylation is 3. The second-order valence-electron chi connectivity index (χ2n) is 12.3. The predicted octanol–water partition coefficient (Wildman–Crippen LogP) is 12.4. The lowest BCUT2D eigenvalue weighted by molar-refractivity contribution is -0.137. The molecule has 0 aliphatic heterocycles. The van der Waals surface area contributed by atoms with E-state index in [0.29, 0.717) is 16.7 Å². The second kappa shape index (κ2) is 13.0. The van der Waals surface area contributed by atoms with Crippen molar-refractivity contribution in [1.82, 2.24) is 9.97 Å². The molecule has 0 saturated carbocycles. The zero-order valence-corrected chi connectivity index (χ0v) is 27.4. The molecule has 0 aliphatic rings. The molecule has 0 saturated heterocycles. The molecule has 0 fully saturated rings. The largest absolute Gasteiger partial charge is 0.417 e. The quantitative estimate of drug-likeness (QED) is 0.180. The lowest BCUT2D eigenvalue weighted by Crippen LogP contribution is -2.08. The molecule has 0 radical (unpaired) electrons. The highest BCUT2D eigenvalue weighted by Crippen LogP contribution is 2.47. The number of benzene rings is 5. The highest BCUT2D eigenvalue weighted by molar-refractivity contribution is 5.97. The lowest BCUT2D eigenvalue weighted by Gasteiger charge is -2.22. The Morgan fingerprint density at radius 3 is 1.33 bits per heavy atom. The van der Waals surface area contributed by atoms with Gasteiger partial charge in [0.2, 0.25) is 0 Å². The fourth-order valence-corrected chi connectivity index (χ4v) is 6.55. The van der Waals surface area contributed by atoms with Crippen LogP contribution in [0, 0.1) is 20.8 Å². The van der Waals surface area contributed by atoms with E-state index >= 15 is 0 Å². The van der Waals surface area contributed by atoms with Crippen LogP contribution in [0.4, 0.5) is 13.2 Å². The molecule has 0 amide bonds. The molecule has 2 aromatic heterocycles. The number of hydrogen-bond donors (Lipinski definition) is 0. The fourth-order valence-electron chi connectivity index (χ4n) is 6.55. The van der Waals surface area contributed by atoms with Crippen molar-refractivity contribution in [2.45, 2.75) is 26.9 Å². The number of rotatable bonds is 6. The molecule has 7 aromatic rings. The van der Waals surface area contributed by atoms with E-state index < -0.39 is 11.7 Å². The van der Waals surface area contributed by atoms with E-state index in [-0.39, 0.29) is 5.56 Å². The number of hydrogen-bond acceptors (Lipinski definition) is 2. The van der Waals surface area contributed by atoms with Crippen molar-refractivity contribution >= 4 is 0 Å². The summed E-state index contributed by atoms with van der Waals surface area (Å²) in [5.41, 5.74) is 11.8. The molecule has 0 spiro atoms. The molecule has 0 atom stereocenters. The molecule has 2 nitrogen and oxygen atoms in total. The Bertz CT molecular complexity index is 2290. The molecule has 2 heterocycles. The standard InChI is InChI=1S/C44H33F3N2/c1-28-14-15-33(41-26-48-20-18-29(41)2)22-35(28)38-24-37(32-12-8-5-9-13-32)39(25-36(38)31-10-6-4-7-11-31)40-23-34(16-17-43(40)44(45,46)47)42-27-49-21-19-30(42)3/h4-27H,1-3H3. The maximum absolute atomic E-state index is 14.9. The minimum Gasteiger partial charge on any atom is -0.264 e. The van der Waals surface area contributed by atoms with Crippen molar-refractivity contribution < 1.29 is 13.2 Å². The Morgan fingerprint density at radius 1 is 0.388 bits per heavy atom. The summed E-state index contributed by atoms with van der Waals surface area (Å²) < 4.78 is 44.8. The van der Waals surface area contributed by atoms with Gasteiger partial charge >= 0.3 is 6.18 Å². The van der Waals surface area contributed by atoms with Crippen LogP contribution in [-0.4, -0.2) is 9.97 Å². The van der Waals surface area contributed by atoms with E-state index in [4.69, 9.17) is 0 Å². The van der Waals surface area contributed by atoms with E-state index in [9.17, 15) is 13.2 Å². The smallest absolute Gasteiger partial charge is 0.264 e. The van der Waals surface area contributed by atoms with Crippen LogP contribution >= 0.6 is 0 Å². The number of alkyl halides is 3. The van der Waals surface area contributed by atoms with Crippen molar-refractivity contribution in [3.05, 3.63) is 168 Å². The van der Waals surface area contributed by atoms with Crippen LogP contribution in [-0.2, 0) is 6.18 Å². The van der Waals surface area contributed by atoms with Gasteiger partial charge in [0, 0.05) is 35.9 Å². The predicted molar refractivity (Wildman–Crippen MR) is 194 cm³/mol. The first kappa shape index (κ1) is 31.8. The van der Waals surface area contributed by atoms with Gasteiger partial charge in [0.1, 0.15) is 0 Å². The number of halogens is 3. The van der Waals surface area contributed by atoms with E-state index in [1.807, 2.05) is 92.0 Å². The SMILES string of the molecule is Cc1ccncc1-c1ccc(C)c(-c2cc(-c3ccccc3)c(-c3cc(-c4cnccc4C)ccc3C(F)(F)F)cc2-c2ccccc2)c1. The number of aromatic nitrogens is 2. The normalized spacial score (nSPS) is 11.5. The van der Waals surface area contributed by atoms with E-state index in [2.05, 4.69) is 48.1 Å². The topological polar surface area (TPSA) is 25.8 Å². The molecule has 5 heteroatoms. The van der Waals surface area contributed by atoms with Crippen LogP contribution in [0.15, 0.2) is 146 Å². The van der Waals surface area contributed by atoms with Crippen LogP contribution in [0.5, 0.6) is 0 Å². The summed E-state index contributed by atoms with van der Waals surface area (Å²) in [7, 11) is 0. The van der Waals surface area contributed by atoms with Gasteiger partial charge in [-0.3, -0.25) is 9.97 Å². The van der Waals surface area contributed by atoms with Gasteiger partial charge in [0.15, 0.2) is 0 Å². The van der Waals surface area contributed by atoms with Gasteiger partial charge in [-0.25, -0.2) is 0 Å². The Hall–Kier alpha value is -5.81. The van der Waals surface area contributed by atoms with E-state index in [1.54, 1.807) is 30.7 Å². The first-order chi connectivity index (χ1) is 23.7. The summed E-state index contributed by atoms with van der Waals surface area (Å²) >= 11 is 0. The molecule has 240 valence electrons. The molecule has 0 unspecified atom stereocenters. The van der Waals surface area contributed by atoms with E-state index in [0.717, 1.165) is 61.2 Å². The monoisotopic (exact) mass is 646 g/mol. The third-order valence-electron chi connectivity index (χ3n) is 9.17. The summed E-state index contributed by atoms with van der Waals surface area (Å²) in [6.45, 7) is 6.07. The van der Waals surface area contributed by atoms with Crippen molar-refractivity contribution in [3.63, 3.8) is 0 Å². The molecule has 49 heavy (non-hydrogen) atoms. The fraction of sp³-hybridized carbons (Fsp3) is 0.0909. The first-order valence-corrected chi connectivity index (χ1v) is 16.1. The molecule has 5 aromatic carbocycles. The second-order valence-corrected chi connectivity index (χ2v) is 12.3. The average molecular weight is 647 g/mol. The van der Waals surface area contributed by atoms with E-state index in [1.165, 1.54) is 6.07 Å². The Labute approximate surface area is 284 Å². The maximum atomic E-state index is 14.9. The first-order valence-electron chi connectivity index (χ1n) is 16.1. The summed E-state index contributed by atoms with van der Waals surface area (Å²) in [5.74, 6) is 0. The Morgan fingerprint density at radius 2 is 0.837 bits per heavy atom. The summed E-state index contributed by atoms with van der Waals surface area (Å²) in [6, 6.07) is 38.2. The van der Waals surface area contributed by atoms with Crippen LogP contribution in [0.25, 0.3) is 66.8 Å². The van der Waals surface area contributed by atoms with Crippen LogP contribution in [0.2, 0.25) is 0 Å². The van der Waals surface area contributed by atoms with Crippen LogP contribution in [0.3, 0.4) is 0 Å². The number of nitrogens with zero attached hydrogens (tertiary/aromatic N) is 2. The van der Waals surface area contributed by atoms with Gasteiger partial charge < -0.3 is 0 Å². The van der Waals surface area contributed by atoms with Gasteiger partial charge in [-0.1, -0.05) is 78.9 Å². The third kappa shape index (κ3) is 6.28. The molecular weight excluding hydrogens is 613 g/mol. The van der Waals surface area contributed by atoms with Crippen molar-refractivity contribution in [2.75, 3.05) is 0 Å². The Kier molecular flexibility index (Phi) is 8.43. The highest BCUT2D eigenvalue weighted by atomic mass is 19.4. The van der Waals surface area contributed by atoms with Gasteiger partial charge in [-0.15, -0.1) is 0 Å². The minimum absolute atomic E-state index is 0.118. The van der Waals surface area contributed by atoms with Crippen LogP contribution in [0.1, 0.15) is 22.3 Å². The van der Waals surface area contributed by atoms with Crippen molar-refractivity contribution in [3.8, 4) is 66.8 Å². The number of pyridine rings is 2. The zero-order valence-electron chi connectivity index (χ0n) is 27.4. The van der Waals surface area contributed by atoms with Gasteiger partial charge in [-0.05, 0) is 136 Å². The summed E-state index contributed by atoms with van der Waals surface area (Å²) in [5, 5.41) is 0. The molecular formula is C44H33F3N2. The summed E-state index contributed by atoms with van der Waals surface area (Å²) in [4.78, 5) is 8.65. The van der Waals surface area contributed by atoms with Crippen molar-refractivity contribution in [1.29, 1.82) is 0 Å². The molecule has 0 N–H and O–H groups in total. The van der Waals surface area contributed by atoms with Crippen molar-refractivity contribution in [2.24, 2.45) is 0 Å². The van der Waals surface area contributed by atoms with Gasteiger partial charge in [0.25, 0.3) is 0 Å². The molecule has 0 aliphatic carbocycles. The summed E-state index contributed by atoms with van der Waals surface area (Å²) in [6.07, 6.45) is 2.47. The van der Waals surface area contributed by atoms with Gasteiger partial charge in [0.05, 0.1) is 5.56 Å². The Balaban J connectivity index is 1.58. The average Bonchev–Trinajstić information content (AvgIpc) is 3.12. The zero-order chi connectivity index (χ0) is 34.1. The minimum atomic E-state index is -4.58. The molecule has 0 bridgehead atoms.